The summed E-state index contributed by atoms with van der Waals surface area (Å²) in [6, 6.07) is 3.90. The Morgan fingerprint density at radius 1 is 1.28 bits per heavy atom. The Morgan fingerprint density at radius 3 is 2.64 bits per heavy atom. The predicted octanol–water partition coefficient (Wildman–Crippen LogP) is 3.48. The van der Waals surface area contributed by atoms with E-state index in [1.165, 1.54) is 0 Å². The molecule has 0 fully saturated rings. The second-order valence-corrected chi connectivity index (χ2v) is 5.53. The van der Waals surface area contributed by atoms with Crippen LogP contribution in [0.3, 0.4) is 0 Å². The molecule has 134 valence electrons. The first-order chi connectivity index (χ1) is 12.1. The van der Waals surface area contributed by atoms with Crippen LogP contribution in [0.5, 0.6) is 11.5 Å². The van der Waals surface area contributed by atoms with Crippen LogP contribution in [0, 0.1) is 0 Å². The van der Waals surface area contributed by atoms with E-state index in [1.54, 1.807) is 14.2 Å². The van der Waals surface area contributed by atoms with Gasteiger partial charge < -0.3 is 24.8 Å². The Labute approximate surface area is 149 Å². The number of rotatable bonds is 7. The summed E-state index contributed by atoms with van der Waals surface area (Å²) in [5.74, 6) is 2.75. The molecule has 0 aromatic heterocycles. The van der Waals surface area contributed by atoms with E-state index in [2.05, 4.69) is 17.6 Å². The van der Waals surface area contributed by atoms with Gasteiger partial charge in [-0.1, -0.05) is 18.7 Å². The molecule has 1 aliphatic heterocycles. The summed E-state index contributed by atoms with van der Waals surface area (Å²) in [5, 5.41) is 0. The van der Waals surface area contributed by atoms with Crippen LogP contribution in [0.25, 0.3) is 5.76 Å². The van der Waals surface area contributed by atoms with Crippen molar-refractivity contribution >= 4 is 11.4 Å². The summed E-state index contributed by atoms with van der Waals surface area (Å²) < 4.78 is 17.0. The molecule has 25 heavy (non-hydrogen) atoms. The Morgan fingerprint density at radius 2 is 2.00 bits per heavy atom. The third-order valence-electron chi connectivity index (χ3n) is 3.80. The minimum Gasteiger partial charge on any atom is -0.493 e. The highest BCUT2D eigenvalue weighted by Gasteiger charge is 2.22. The average molecular weight is 342 g/mol. The fourth-order valence-electron chi connectivity index (χ4n) is 2.51. The number of methoxy groups -OCH3 is 2. The summed E-state index contributed by atoms with van der Waals surface area (Å²) in [6.07, 6.45) is 8.54. The van der Waals surface area contributed by atoms with Crippen molar-refractivity contribution in [1.29, 1.82) is 0 Å². The van der Waals surface area contributed by atoms with Crippen LogP contribution < -0.4 is 20.1 Å². The number of fused-ring (bicyclic) bond motifs is 1. The SMILES string of the molecule is CCC=C=C(/C=C\CN)OC1=CCN(C)c2cc(OC)c(OC)cc21. The highest BCUT2D eigenvalue weighted by molar-refractivity contribution is 5.80. The van der Waals surface area contributed by atoms with Gasteiger partial charge in [0.15, 0.2) is 17.3 Å². The maximum absolute atomic E-state index is 6.11. The number of nitrogens with two attached hydrogens (primary N) is 1. The minimum atomic E-state index is 0.448. The molecule has 0 radical (unpaired) electrons. The van der Waals surface area contributed by atoms with E-state index in [-0.39, 0.29) is 0 Å². The smallest absolute Gasteiger partial charge is 0.169 e. The van der Waals surface area contributed by atoms with Crippen molar-refractivity contribution in [3.8, 4) is 11.5 Å². The second-order valence-electron chi connectivity index (χ2n) is 5.53. The molecule has 0 bridgehead atoms. The standard InChI is InChI=1S/C20H26N2O3/c1-5-6-8-15(9-7-11-21)25-18-10-12-22(2)17-14-20(24-4)19(23-3)13-16(17)18/h6-7,9-10,13-14H,5,11-12,21H2,1-4H3/b9-7-. The molecule has 1 aromatic rings. The van der Waals surface area contributed by atoms with Gasteiger partial charge in [-0.2, -0.15) is 0 Å². The second kappa shape index (κ2) is 9.02. The van der Waals surface area contributed by atoms with E-state index in [0.717, 1.165) is 30.0 Å². The van der Waals surface area contributed by atoms with Gasteiger partial charge in [0.05, 0.1) is 19.9 Å². The first-order valence-corrected chi connectivity index (χ1v) is 8.31. The predicted molar refractivity (Wildman–Crippen MR) is 102 cm³/mol. The molecule has 5 nitrogen and oxygen atoms in total. The molecule has 0 aliphatic carbocycles. The molecule has 0 saturated heterocycles. The van der Waals surface area contributed by atoms with Gasteiger partial charge in [-0.05, 0) is 30.7 Å². The van der Waals surface area contributed by atoms with E-state index in [4.69, 9.17) is 19.9 Å². The molecule has 5 heteroatoms. The molecular weight excluding hydrogens is 316 g/mol. The lowest BCUT2D eigenvalue weighted by Crippen LogP contribution is -2.22. The molecule has 1 heterocycles. The van der Waals surface area contributed by atoms with Crippen LogP contribution in [-0.4, -0.2) is 34.4 Å². The Bertz CT molecular complexity index is 729. The number of ether oxygens (including phenoxy) is 3. The zero-order valence-electron chi connectivity index (χ0n) is 15.3. The van der Waals surface area contributed by atoms with Crippen LogP contribution in [0.2, 0.25) is 0 Å². The fourth-order valence-corrected chi connectivity index (χ4v) is 2.51. The number of nitrogens with zero attached hydrogens (tertiary/aromatic N) is 1. The maximum atomic E-state index is 6.11. The fraction of sp³-hybridized carbons (Fsp3) is 0.350. The Balaban J connectivity index is 2.44. The lowest BCUT2D eigenvalue weighted by atomic mass is 10.0. The monoisotopic (exact) mass is 342 g/mol. The lowest BCUT2D eigenvalue weighted by Gasteiger charge is -2.28. The van der Waals surface area contributed by atoms with Gasteiger partial charge in [0.2, 0.25) is 0 Å². The lowest BCUT2D eigenvalue weighted by molar-refractivity contribution is 0.354. The van der Waals surface area contributed by atoms with Gasteiger partial charge in [-0.3, -0.25) is 0 Å². The van der Waals surface area contributed by atoms with Crippen molar-refractivity contribution in [1.82, 2.24) is 0 Å². The third kappa shape index (κ3) is 4.47. The van der Waals surface area contributed by atoms with Crippen molar-refractivity contribution < 1.29 is 14.2 Å². The largest absolute Gasteiger partial charge is 0.493 e. The van der Waals surface area contributed by atoms with E-state index in [1.807, 2.05) is 43.5 Å². The number of likely N-dealkylation sites (N-methyl/N-ethyl adjacent to an activating group) is 1. The molecule has 1 aromatic carbocycles. The summed E-state index contributed by atoms with van der Waals surface area (Å²) in [4.78, 5) is 2.13. The van der Waals surface area contributed by atoms with Gasteiger partial charge in [0, 0.05) is 31.8 Å². The van der Waals surface area contributed by atoms with Crippen LogP contribution in [0.15, 0.2) is 47.9 Å². The highest BCUT2D eigenvalue weighted by atomic mass is 16.5. The number of anilines is 1. The molecule has 0 amide bonds. The first kappa shape index (κ1) is 18.7. The Hall–Kier alpha value is -2.62. The van der Waals surface area contributed by atoms with Gasteiger partial charge in [-0.25, -0.2) is 0 Å². The van der Waals surface area contributed by atoms with E-state index in [9.17, 15) is 0 Å². The maximum Gasteiger partial charge on any atom is 0.169 e. The molecular formula is C20H26N2O3. The van der Waals surface area contributed by atoms with Crippen molar-refractivity contribution in [3.63, 3.8) is 0 Å². The molecule has 0 saturated carbocycles. The zero-order valence-corrected chi connectivity index (χ0v) is 15.3. The number of allylic oxidation sites excluding steroid dienone is 1. The van der Waals surface area contributed by atoms with E-state index >= 15 is 0 Å². The van der Waals surface area contributed by atoms with Gasteiger partial charge in [-0.15, -0.1) is 0 Å². The first-order valence-electron chi connectivity index (χ1n) is 8.31. The number of hydrogen-bond acceptors (Lipinski definition) is 5. The van der Waals surface area contributed by atoms with Crippen LogP contribution in [0.1, 0.15) is 18.9 Å². The summed E-state index contributed by atoms with van der Waals surface area (Å²) in [7, 11) is 5.29. The number of benzene rings is 1. The molecule has 1 aliphatic rings. The summed E-state index contributed by atoms with van der Waals surface area (Å²) >= 11 is 0. The zero-order chi connectivity index (χ0) is 18.2. The molecule has 0 unspecified atom stereocenters. The topological polar surface area (TPSA) is 57.0 Å². The van der Waals surface area contributed by atoms with Gasteiger partial charge >= 0.3 is 0 Å². The minimum absolute atomic E-state index is 0.448. The van der Waals surface area contributed by atoms with Crippen LogP contribution in [0.4, 0.5) is 5.69 Å². The molecule has 0 atom stereocenters. The van der Waals surface area contributed by atoms with Crippen LogP contribution in [-0.2, 0) is 4.74 Å². The summed E-state index contributed by atoms with van der Waals surface area (Å²) in [5.41, 5.74) is 10.7. The molecule has 0 spiro atoms. The quantitative estimate of drug-likeness (QED) is 0.467. The highest BCUT2D eigenvalue weighted by Crippen LogP contribution is 2.40. The van der Waals surface area contributed by atoms with Crippen molar-refractivity contribution in [3.05, 3.63) is 53.5 Å². The van der Waals surface area contributed by atoms with Crippen molar-refractivity contribution in [2.75, 3.05) is 39.3 Å². The third-order valence-corrected chi connectivity index (χ3v) is 3.80. The van der Waals surface area contributed by atoms with E-state index < -0.39 is 0 Å². The van der Waals surface area contributed by atoms with Gasteiger partial charge in [0.1, 0.15) is 5.76 Å². The van der Waals surface area contributed by atoms with E-state index in [0.29, 0.717) is 23.8 Å². The Kier molecular flexibility index (Phi) is 6.75. The van der Waals surface area contributed by atoms with Gasteiger partial charge in [0.25, 0.3) is 0 Å². The van der Waals surface area contributed by atoms with Crippen LogP contribution >= 0.6 is 0 Å². The van der Waals surface area contributed by atoms with Crippen molar-refractivity contribution in [2.24, 2.45) is 5.73 Å². The average Bonchev–Trinajstić information content (AvgIpc) is 2.64. The van der Waals surface area contributed by atoms with Crippen molar-refractivity contribution in [2.45, 2.75) is 13.3 Å². The normalized spacial score (nSPS) is 13.0. The summed E-state index contributed by atoms with van der Waals surface area (Å²) in [6.45, 7) is 3.24. The molecule has 2 rings (SSSR count). The molecule has 2 N–H and O–H groups in total. The number of hydrogen-bond donors (Lipinski definition) is 1.